The second-order valence-electron chi connectivity index (χ2n) is 4.65. The number of benzene rings is 1. The van der Waals surface area contributed by atoms with E-state index in [1.165, 1.54) is 0 Å². The lowest BCUT2D eigenvalue weighted by atomic mass is 10.1. The van der Waals surface area contributed by atoms with Crippen molar-refractivity contribution in [3.8, 4) is 0 Å². The van der Waals surface area contributed by atoms with Gasteiger partial charge in [-0.25, -0.2) is 18.0 Å². The van der Waals surface area contributed by atoms with Crippen LogP contribution in [0.3, 0.4) is 0 Å². The van der Waals surface area contributed by atoms with Gasteiger partial charge in [0.15, 0.2) is 0 Å². The second kappa shape index (κ2) is 6.15. The molecule has 1 amide bonds. The Hall–Kier alpha value is -2.05. The lowest BCUT2D eigenvalue weighted by Gasteiger charge is -2.23. The largest absolute Gasteiger partial charge is 0.464 e. The number of rotatable bonds is 3. The summed E-state index contributed by atoms with van der Waals surface area (Å²) in [6.07, 6.45) is 0.897. The van der Waals surface area contributed by atoms with Gasteiger partial charge < -0.3 is 9.64 Å². The van der Waals surface area contributed by atoms with Gasteiger partial charge in [-0.1, -0.05) is 0 Å². The fourth-order valence-electron chi connectivity index (χ4n) is 2.38. The molecule has 0 spiro atoms. The minimum Gasteiger partial charge on any atom is -0.464 e. The lowest BCUT2D eigenvalue weighted by Crippen LogP contribution is -2.42. The van der Waals surface area contributed by atoms with E-state index >= 15 is 0 Å². The van der Waals surface area contributed by atoms with Gasteiger partial charge in [-0.2, -0.15) is 0 Å². The van der Waals surface area contributed by atoms with E-state index in [1.807, 2.05) is 0 Å². The van der Waals surface area contributed by atoms with Gasteiger partial charge in [-0.05, 0) is 19.8 Å². The van der Waals surface area contributed by atoms with Crippen LogP contribution in [0.15, 0.2) is 12.1 Å². The lowest BCUT2D eigenvalue weighted by molar-refractivity contribution is -0.147. The summed E-state index contributed by atoms with van der Waals surface area (Å²) >= 11 is 0. The molecule has 0 aliphatic carbocycles. The Morgan fingerprint density at radius 1 is 1.29 bits per heavy atom. The third kappa shape index (κ3) is 3.01. The van der Waals surface area contributed by atoms with E-state index in [9.17, 15) is 22.8 Å². The first-order valence-corrected chi connectivity index (χ1v) is 6.57. The summed E-state index contributed by atoms with van der Waals surface area (Å²) in [5.74, 6) is -5.25. The molecular formula is C14H14F3NO3. The number of esters is 1. The number of hydrogen-bond acceptors (Lipinski definition) is 3. The molecule has 0 saturated carbocycles. The summed E-state index contributed by atoms with van der Waals surface area (Å²) in [5, 5.41) is 0. The number of amides is 1. The Morgan fingerprint density at radius 3 is 2.48 bits per heavy atom. The number of likely N-dealkylation sites (tertiary alicyclic amines) is 1. The van der Waals surface area contributed by atoms with Crippen molar-refractivity contribution in [2.45, 2.75) is 25.8 Å². The molecule has 0 bridgehead atoms. The smallest absolute Gasteiger partial charge is 0.328 e. The van der Waals surface area contributed by atoms with E-state index in [2.05, 4.69) is 0 Å². The predicted octanol–water partition coefficient (Wildman–Crippen LogP) is 2.27. The molecule has 1 aliphatic heterocycles. The second-order valence-corrected chi connectivity index (χ2v) is 4.65. The van der Waals surface area contributed by atoms with Crippen molar-refractivity contribution in [2.24, 2.45) is 0 Å². The zero-order chi connectivity index (χ0) is 15.6. The van der Waals surface area contributed by atoms with Crippen LogP contribution in [0.5, 0.6) is 0 Å². The highest BCUT2D eigenvalue weighted by molar-refractivity contribution is 5.97. The Balaban J connectivity index is 2.29. The molecule has 1 aromatic rings. The van der Waals surface area contributed by atoms with Gasteiger partial charge in [0.1, 0.15) is 29.1 Å². The van der Waals surface area contributed by atoms with Crippen molar-refractivity contribution >= 4 is 11.9 Å². The Morgan fingerprint density at radius 2 is 1.90 bits per heavy atom. The highest BCUT2D eigenvalue weighted by atomic mass is 19.1. The number of nitrogens with zero attached hydrogens (tertiary/aromatic N) is 1. The minimum absolute atomic E-state index is 0.149. The van der Waals surface area contributed by atoms with Crippen molar-refractivity contribution < 1.29 is 27.5 Å². The van der Waals surface area contributed by atoms with Gasteiger partial charge in [0.05, 0.1) is 6.61 Å². The van der Waals surface area contributed by atoms with E-state index in [0.29, 0.717) is 25.0 Å². The molecule has 1 unspecified atom stereocenters. The van der Waals surface area contributed by atoms with Crippen LogP contribution in [0.4, 0.5) is 13.2 Å². The summed E-state index contributed by atoms with van der Waals surface area (Å²) in [5.41, 5.74) is -0.854. The molecule has 1 fully saturated rings. The van der Waals surface area contributed by atoms with E-state index in [0.717, 1.165) is 4.90 Å². The monoisotopic (exact) mass is 301 g/mol. The van der Waals surface area contributed by atoms with Crippen LogP contribution in [-0.2, 0) is 9.53 Å². The number of hydrogen-bond donors (Lipinski definition) is 0. The molecule has 1 atom stereocenters. The third-order valence-electron chi connectivity index (χ3n) is 3.29. The average Bonchev–Trinajstić information content (AvgIpc) is 2.86. The van der Waals surface area contributed by atoms with E-state index < -0.39 is 40.9 Å². The molecule has 1 aromatic carbocycles. The van der Waals surface area contributed by atoms with Crippen LogP contribution in [0, 0.1) is 17.5 Å². The number of ether oxygens (including phenoxy) is 1. The van der Waals surface area contributed by atoms with Crippen LogP contribution in [-0.4, -0.2) is 36.0 Å². The summed E-state index contributed by atoms with van der Waals surface area (Å²) < 4.78 is 45.0. The molecule has 4 nitrogen and oxygen atoms in total. The van der Waals surface area contributed by atoms with Gasteiger partial charge >= 0.3 is 5.97 Å². The zero-order valence-corrected chi connectivity index (χ0v) is 11.4. The SMILES string of the molecule is CCOC(=O)C1CCCN1C(=O)c1c(F)cc(F)cc1F. The fraction of sp³-hybridized carbons (Fsp3) is 0.429. The molecular weight excluding hydrogens is 287 g/mol. The third-order valence-corrected chi connectivity index (χ3v) is 3.29. The van der Waals surface area contributed by atoms with Crippen molar-refractivity contribution in [3.05, 3.63) is 35.1 Å². The number of carbonyl (C=O) groups is 2. The zero-order valence-electron chi connectivity index (χ0n) is 11.4. The van der Waals surface area contributed by atoms with Crippen LogP contribution in [0.1, 0.15) is 30.1 Å². The maximum absolute atomic E-state index is 13.6. The maximum Gasteiger partial charge on any atom is 0.328 e. The number of halogens is 3. The molecule has 2 rings (SSSR count). The predicted molar refractivity (Wildman–Crippen MR) is 67.0 cm³/mol. The first kappa shape index (κ1) is 15.3. The van der Waals surface area contributed by atoms with E-state index in [4.69, 9.17) is 4.74 Å². The number of carbonyl (C=O) groups excluding carboxylic acids is 2. The molecule has 0 radical (unpaired) electrons. The van der Waals surface area contributed by atoms with Crippen LogP contribution >= 0.6 is 0 Å². The topological polar surface area (TPSA) is 46.6 Å². The molecule has 114 valence electrons. The minimum atomic E-state index is -1.29. The molecule has 7 heteroatoms. The normalized spacial score (nSPS) is 17.9. The van der Waals surface area contributed by atoms with E-state index in [-0.39, 0.29) is 13.2 Å². The highest BCUT2D eigenvalue weighted by Crippen LogP contribution is 2.24. The highest BCUT2D eigenvalue weighted by Gasteiger charge is 2.37. The van der Waals surface area contributed by atoms with Crippen molar-refractivity contribution in [2.75, 3.05) is 13.2 Å². The van der Waals surface area contributed by atoms with Crippen molar-refractivity contribution in [1.82, 2.24) is 4.90 Å². The summed E-state index contributed by atoms with van der Waals surface area (Å²) in [7, 11) is 0. The van der Waals surface area contributed by atoms with Gasteiger partial charge in [0.25, 0.3) is 5.91 Å². The average molecular weight is 301 g/mol. The Labute approximate surface area is 119 Å². The molecule has 1 aliphatic rings. The fourth-order valence-corrected chi connectivity index (χ4v) is 2.38. The van der Waals surface area contributed by atoms with Crippen LogP contribution in [0.25, 0.3) is 0 Å². The molecule has 21 heavy (non-hydrogen) atoms. The van der Waals surface area contributed by atoms with Gasteiger partial charge in [0.2, 0.25) is 0 Å². The summed E-state index contributed by atoms with van der Waals surface area (Å²) in [6.45, 7) is 1.97. The molecule has 0 aromatic heterocycles. The maximum atomic E-state index is 13.6. The first-order chi connectivity index (χ1) is 9.95. The van der Waals surface area contributed by atoms with Gasteiger partial charge in [-0.15, -0.1) is 0 Å². The van der Waals surface area contributed by atoms with E-state index in [1.54, 1.807) is 6.92 Å². The standard InChI is InChI=1S/C14H14F3NO3/c1-2-21-14(20)11-4-3-5-18(11)13(19)12-9(16)6-8(15)7-10(12)17/h6-7,11H,2-5H2,1H3. The Bertz CT molecular complexity index is 554. The van der Waals surface area contributed by atoms with Crippen molar-refractivity contribution in [1.29, 1.82) is 0 Å². The van der Waals surface area contributed by atoms with Crippen LogP contribution in [0.2, 0.25) is 0 Å². The summed E-state index contributed by atoms with van der Waals surface area (Å²) in [6, 6.07) is 0.0126. The Kier molecular flexibility index (Phi) is 4.50. The van der Waals surface area contributed by atoms with Gasteiger partial charge in [-0.3, -0.25) is 4.79 Å². The summed E-state index contributed by atoms with van der Waals surface area (Å²) in [4.78, 5) is 25.1. The molecule has 1 saturated heterocycles. The quantitative estimate of drug-likeness (QED) is 0.805. The first-order valence-electron chi connectivity index (χ1n) is 6.57. The molecule has 0 N–H and O–H groups in total. The molecule has 1 heterocycles. The van der Waals surface area contributed by atoms with Crippen molar-refractivity contribution in [3.63, 3.8) is 0 Å². The van der Waals surface area contributed by atoms with Gasteiger partial charge in [0, 0.05) is 18.7 Å². The van der Waals surface area contributed by atoms with Crippen LogP contribution < -0.4 is 0 Å².